The van der Waals surface area contributed by atoms with Gasteiger partial charge in [0.2, 0.25) is 0 Å². The Morgan fingerprint density at radius 1 is 0.692 bits per heavy atom. The van der Waals surface area contributed by atoms with Crippen LogP contribution in [0.4, 0.5) is 0 Å². The van der Waals surface area contributed by atoms with E-state index in [-0.39, 0.29) is 18.0 Å². The predicted octanol–water partition coefficient (Wildman–Crippen LogP) is 5.16. The van der Waals surface area contributed by atoms with Crippen molar-refractivity contribution in [1.29, 1.82) is 0 Å². The number of likely N-dealkylation sites (tertiary alicyclic amines) is 1. The summed E-state index contributed by atoms with van der Waals surface area (Å²) in [6, 6.07) is 31.1. The van der Waals surface area contributed by atoms with E-state index in [0.29, 0.717) is 12.2 Å². The molecule has 3 atom stereocenters. The Hall–Kier alpha value is -2.71. The summed E-state index contributed by atoms with van der Waals surface area (Å²) in [7, 11) is 2.15. The Labute approximate surface area is 155 Å². The lowest BCUT2D eigenvalue weighted by Gasteiger charge is -2.44. The van der Waals surface area contributed by atoms with Gasteiger partial charge in [-0.25, -0.2) is 0 Å². The fourth-order valence-corrected chi connectivity index (χ4v) is 4.20. The van der Waals surface area contributed by atoms with E-state index >= 15 is 0 Å². The summed E-state index contributed by atoms with van der Waals surface area (Å²) in [5.74, 6) is 0.181. The van der Waals surface area contributed by atoms with Crippen LogP contribution in [0.25, 0.3) is 0 Å². The number of carbonyl (C=O) groups excluding carboxylic acids is 1. The second kappa shape index (κ2) is 7.27. The SMILES string of the molecule is CN1[C@@H](c2ccccc2)CC(=O)[C@H](c2ccccc2)[C@@H]1c1ccccc1. The van der Waals surface area contributed by atoms with E-state index in [1.807, 2.05) is 30.3 Å². The van der Waals surface area contributed by atoms with Gasteiger partial charge < -0.3 is 0 Å². The number of likely N-dealkylation sites (N-methyl/N-ethyl adjacent to an activating group) is 1. The molecule has 0 amide bonds. The van der Waals surface area contributed by atoms with E-state index in [0.717, 1.165) is 5.56 Å². The van der Waals surface area contributed by atoms with Gasteiger partial charge in [-0.15, -0.1) is 0 Å². The number of benzene rings is 3. The first-order valence-corrected chi connectivity index (χ1v) is 9.15. The highest BCUT2D eigenvalue weighted by Gasteiger charge is 2.42. The Morgan fingerprint density at radius 3 is 1.69 bits per heavy atom. The minimum absolute atomic E-state index is 0.0325. The molecule has 2 heteroatoms. The highest BCUT2D eigenvalue weighted by molar-refractivity contribution is 5.88. The van der Waals surface area contributed by atoms with Crippen molar-refractivity contribution in [2.45, 2.75) is 24.4 Å². The fourth-order valence-electron chi connectivity index (χ4n) is 4.20. The van der Waals surface area contributed by atoms with Gasteiger partial charge in [0.05, 0.1) is 5.92 Å². The molecule has 0 aliphatic carbocycles. The molecule has 130 valence electrons. The lowest BCUT2D eigenvalue weighted by molar-refractivity contribution is -0.127. The standard InChI is InChI=1S/C24H23NO/c1-25-21(18-11-5-2-6-12-18)17-22(26)23(19-13-7-3-8-14-19)24(25)20-15-9-4-10-16-20/h2-16,21,23-24H,17H2,1H3/t21-,23+,24+/m1/s1. The summed E-state index contributed by atoms with van der Waals surface area (Å²) < 4.78 is 0. The zero-order valence-electron chi connectivity index (χ0n) is 15.0. The maximum Gasteiger partial charge on any atom is 0.144 e. The number of hydrogen-bond donors (Lipinski definition) is 0. The topological polar surface area (TPSA) is 20.3 Å². The molecule has 1 aliphatic heterocycles. The molecule has 0 aromatic heterocycles. The Balaban J connectivity index is 1.80. The number of piperidine rings is 1. The molecule has 1 heterocycles. The molecule has 2 nitrogen and oxygen atoms in total. The highest BCUT2D eigenvalue weighted by Crippen LogP contribution is 2.46. The third kappa shape index (κ3) is 3.09. The third-order valence-corrected chi connectivity index (χ3v) is 5.47. The van der Waals surface area contributed by atoms with Crippen LogP contribution in [0.2, 0.25) is 0 Å². The van der Waals surface area contributed by atoms with Crippen molar-refractivity contribution in [3.63, 3.8) is 0 Å². The average molecular weight is 341 g/mol. The van der Waals surface area contributed by atoms with Crippen LogP contribution >= 0.6 is 0 Å². The van der Waals surface area contributed by atoms with Crippen LogP contribution in [0.1, 0.15) is 41.1 Å². The van der Waals surface area contributed by atoms with Crippen LogP contribution in [0.15, 0.2) is 91.0 Å². The molecule has 0 N–H and O–H groups in total. The van der Waals surface area contributed by atoms with Gasteiger partial charge in [0.25, 0.3) is 0 Å². The van der Waals surface area contributed by atoms with Gasteiger partial charge in [0.1, 0.15) is 5.78 Å². The van der Waals surface area contributed by atoms with Gasteiger partial charge in [0.15, 0.2) is 0 Å². The van der Waals surface area contributed by atoms with Crippen molar-refractivity contribution in [1.82, 2.24) is 4.90 Å². The molecular formula is C24H23NO. The molecule has 0 saturated carbocycles. The summed E-state index contributed by atoms with van der Waals surface area (Å²) in [6.07, 6.45) is 0.545. The van der Waals surface area contributed by atoms with Crippen molar-refractivity contribution < 1.29 is 4.79 Å². The fraction of sp³-hybridized carbons (Fsp3) is 0.208. The second-order valence-corrected chi connectivity index (χ2v) is 7.01. The van der Waals surface area contributed by atoms with Crippen molar-refractivity contribution in [3.05, 3.63) is 108 Å². The van der Waals surface area contributed by atoms with Crippen LogP contribution < -0.4 is 0 Å². The Bertz CT molecular complexity index is 860. The van der Waals surface area contributed by atoms with Gasteiger partial charge in [-0.05, 0) is 23.7 Å². The first-order chi connectivity index (χ1) is 12.8. The molecule has 0 spiro atoms. The van der Waals surface area contributed by atoms with E-state index in [9.17, 15) is 4.79 Å². The van der Waals surface area contributed by atoms with Crippen molar-refractivity contribution >= 4 is 5.78 Å². The molecule has 0 bridgehead atoms. The molecular weight excluding hydrogens is 318 g/mol. The van der Waals surface area contributed by atoms with Crippen molar-refractivity contribution in [2.24, 2.45) is 0 Å². The summed E-state index contributed by atoms with van der Waals surface area (Å²) in [5, 5.41) is 0. The minimum Gasteiger partial charge on any atom is -0.299 e. The average Bonchev–Trinajstić information content (AvgIpc) is 2.71. The molecule has 3 aromatic rings. The minimum atomic E-state index is -0.136. The van der Waals surface area contributed by atoms with E-state index in [2.05, 4.69) is 72.6 Å². The molecule has 1 saturated heterocycles. The monoisotopic (exact) mass is 341 g/mol. The third-order valence-electron chi connectivity index (χ3n) is 5.47. The van der Waals surface area contributed by atoms with Gasteiger partial charge in [0, 0.05) is 18.5 Å². The van der Waals surface area contributed by atoms with Crippen molar-refractivity contribution in [2.75, 3.05) is 7.05 Å². The number of rotatable bonds is 3. The Kier molecular flexibility index (Phi) is 4.68. The number of ketones is 1. The lowest BCUT2D eigenvalue weighted by atomic mass is 9.76. The van der Waals surface area contributed by atoms with E-state index in [4.69, 9.17) is 0 Å². The second-order valence-electron chi connectivity index (χ2n) is 7.01. The van der Waals surface area contributed by atoms with Gasteiger partial charge in [-0.1, -0.05) is 91.0 Å². The number of carbonyl (C=O) groups is 1. The zero-order chi connectivity index (χ0) is 17.9. The molecule has 1 aliphatic rings. The van der Waals surface area contributed by atoms with E-state index in [1.54, 1.807) is 0 Å². The maximum absolute atomic E-state index is 13.3. The molecule has 4 rings (SSSR count). The molecule has 3 aromatic carbocycles. The first-order valence-electron chi connectivity index (χ1n) is 9.15. The molecule has 0 unspecified atom stereocenters. The van der Waals surface area contributed by atoms with Crippen LogP contribution in [-0.2, 0) is 4.79 Å². The van der Waals surface area contributed by atoms with E-state index < -0.39 is 0 Å². The smallest absolute Gasteiger partial charge is 0.144 e. The first kappa shape index (κ1) is 16.7. The summed E-state index contributed by atoms with van der Waals surface area (Å²) in [4.78, 5) is 15.7. The van der Waals surface area contributed by atoms with Crippen molar-refractivity contribution in [3.8, 4) is 0 Å². The van der Waals surface area contributed by atoms with Gasteiger partial charge in [-0.3, -0.25) is 9.69 Å². The molecule has 0 radical (unpaired) electrons. The largest absolute Gasteiger partial charge is 0.299 e. The quantitative estimate of drug-likeness (QED) is 0.656. The van der Waals surface area contributed by atoms with Gasteiger partial charge in [-0.2, -0.15) is 0 Å². The zero-order valence-corrected chi connectivity index (χ0v) is 15.0. The summed E-state index contributed by atoms with van der Waals surface area (Å²) >= 11 is 0. The molecule has 26 heavy (non-hydrogen) atoms. The maximum atomic E-state index is 13.3. The Morgan fingerprint density at radius 2 is 1.15 bits per heavy atom. The highest BCUT2D eigenvalue weighted by atomic mass is 16.1. The molecule has 1 fully saturated rings. The normalized spacial score (nSPS) is 23.7. The summed E-state index contributed by atoms with van der Waals surface area (Å²) in [6.45, 7) is 0. The van der Waals surface area contributed by atoms with Crippen LogP contribution in [0.3, 0.4) is 0 Å². The predicted molar refractivity (Wildman–Crippen MR) is 105 cm³/mol. The summed E-state index contributed by atoms with van der Waals surface area (Å²) in [5.41, 5.74) is 3.50. The number of Topliss-reactive ketones (excluding diaryl/α,β-unsaturated/α-hetero) is 1. The number of nitrogens with zero attached hydrogens (tertiary/aromatic N) is 1. The number of hydrogen-bond acceptors (Lipinski definition) is 2. The van der Waals surface area contributed by atoms with Crippen LogP contribution in [0, 0.1) is 0 Å². The van der Waals surface area contributed by atoms with Crippen LogP contribution in [-0.4, -0.2) is 17.7 Å². The van der Waals surface area contributed by atoms with Crippen LogP contribution in [0.5, 0.6) is 0 Å². The van der Waals surface area contributed by atoms with E-state index in [1.165, 1.54) is 11.1 Å². The lowest BCUT2D eigenvalue weighted by Crippen LogP contribution is -2.42. The van der Waals surface area contributed by atoms with Gasteiger partial charge >= 0.3 is 0 Å².